The van der Waals surface area contributed by atoms with E-state index in [4.69, 9.17) is 0 Å². The van der Waals surface area contributed by atoms with Crippen LogP contribution >= 0.6 is 0 Å². The Morgan fingerprint density at radius 2 is 1.52 bits per heavy atom. The van der Waals surface area contributed by atoms with Gasteiger partial charge in [-0.25, -0.2) is 5.43 Å². The van der Waals surface area contributed by atoms with E-state index in [-0.39, 0.29) is 5.56 Å². The summed E-state index contributed by atoms with van der Waals surface area (Å²) >= 11 is 0. The fraction of sp³-hybridized carbons (Fsp3) is 0.167. The molecule has 2 rings (SSSR count). The number of halogens is 6. The third-order valence-corrected chi connectivity index (χ3v) is 3.53. The van der Waals surface area contributed by atoms with Gasteiger partial charge in [0.1, 0.15) is 0 Å². The Morgan fingerprint density at radius 3 is 2.10 bits per heavy atom. The molecule has 2 aromatic rings. The van der Waals surface area contributed by atoms with Crippen LogP contribution in [0.2, 0.25) is 0 Å². The Kier molecular flexibility index (Phi) is 6.62. The third-order valence-electron chi connectivity index (χ3n) is 3.53. The molecule has 0 aliphatic heterocycles. The summed E-state index contributed by atoms with van der Waals surface area (Å²) in [5.41, 5.74) is -0.361. The quantitative estimate of drug-likeness (QED) is 0.443. The minimum Gasteiger partial charge on any atom is -0.343 e. The van der Waals surface area contributed by atoms with E-state index in [0.717, 1.165) is 48.7 Å². The Bertz CT molecular complexity index is 905. The smallest absolute Gasteiger partial charge is 0.343 e. The van der Waals surface area contributed by atoms with E-state index in [0.29, 0.717) is 0 Å². The average Bonchev–Trinajstić information content (AvgIpc) is 2.65. The van der Waals surface area contributed by atoms with Gasteiger partial charge in [-0.05, 0) is 29.8 Å². The van der Waals surface area contributed by atoms with Crippen LogP contribution in [0.3, 0.4) is 0 Å². The van der Waals surface area contributed by atoms with Crippen molar-refractivity contribution in [2.45, 2.75) is 12.4 Å². The summed E-state index contributed by atoms with van der Waals surface area (Å²) in [4.78, 5) is 23.5. The van der Waals surface area contributed by atoms with Crippen molar-refractivity contribution in [3.05, 3.63) is 70.8 Å². The van der Waals surface area contributed by atoms with E-state index < -0.39 is 47.4 Å². The number of carbonyl (C=O) groups is 2. The molecule has 0 radical (unpaired) electrons. The summed E-state index contributed by atoms with van der Waals surface area (Å²) in [6.45, 7) is -0.657. The van der Waals surface area contributed by atoms with Crippen molar-refractivity contribution in [2.24, 2.45) is 5.10 Å². The summed E-state index contributed by atoms with van der Waals surface area (Å²) in [6.07, 6.45) is -8.15. The molecule has 0 saturated heterocycles. The molecule has 0 atom stereocenters. The number of amides is 2. The van der Waals surface area contributed by atoms with Crippen LogP contribution in [0.4, 0.5) is 26.3 Å². The first kappa shape index (κ1) is 21.9. The van der Waals surface area contributed by atoms with Crippen LogP contribution in [0.25, 0.3) is 0 Å². The lowest BCUT2D eigenvalue weighted by Gasteiger charge is -2.12. The molecule has 0 aromatic heterocycles. The summed E-state index contributed by atoms with van der Waals surface area (Å²) in [5, 5.41) is 5.54. The number of hydrogen-bond donors (Lipinski definition) is 2. The molecule has 5 nitrogen and oxygen atoms in total. The standard InChI is InChI=1S/C18H13F6N3O2/c19-17(20,21)12-7-5-11(6-8-12)9-26-27-15(28)10-25-16(29)13-3-1-2-4-14(13)18(22,23)24/h1-9H,10H2,(H,25,29)(H,27,28)/b26-9+. The number of benzene rings is 2. The van der Waals surface area contributed by atoms with Gasteiger partial charge in [0.2, 0.25) is 0 Å². The molecule has 0 heterocycles. The number of alkyl halides is 6. The van der Waals surface area contributed by atoms with E-state index in [9.17, 15) is 35.9 Å². The second kappa shape index (κ2) is 8.76. The number of nitrogens with zero attached hydrogens (tertiary/aromatic N) is 1. The van der Waals surface area contributed by atoms with E-state index in [1.165, 1.54) is 6.07 Å². The van der Waals surface area contributed by atoms with E-state index >= 15 is 0 Å². The van der Waals surface area contributed by atoms with Crippen LogP contribution < -0.4 is 10.7 Å². The summed E-state index contributed by atoms with van der Waals surface area (Å²) in [7, 11) is 0. The highest BCUT2D eigenvalue weighted by atomic mass is 19.4. The highest BCUT2D eigenvalue weighted by molar-refractivity contribution is 5.98. The second-order valence-corrected chi connectivity index (χ2v) is 5.64. The van der Waals surface area contributed by atoms with E-state index in [2.05, 4.69) is 5.10 Å². The molecule has 2 amide bonds. The zero-order chi connectivity index (χ0) is 21.7. The molecule has 29 heavy (non-hydrogen) atoms. The molecular formula is C18H13F6N3O2. The Balaban J connectivity index is 1.89. The highest BCUT2D eigenvalue weighted by Gasteiger charge is 2.34. The van der Waals surface area contributed by atoms with Gasteiger partial charge < -0.3 is 5.32 Å². The molecular weight excluding hydrogens is 404 g/mol. The van der Waals surface area contributed by atoms with Gasteiger partial charge in [0, 0.05) is 0 Å². The van der Waals surface area contributed by atoms with Crippen molar-refractivity contribution in [3.63, 3.8) is 0 Å². The van der Waals surface area contributed by atoms with Crippen LogP contribution in [-0.4, -0.2) is 24.6 Å². The predicted molar refractivity (Wildman–Crippen MR) is 91.0 cm³/mol. The predicted octanol–water partition coefficient (Wildman–Crippen LogP) is 3.60. The second-order valence-electron chi connectivity index (χ2n) is 5.64. The zero-order valence-electron chi connectivity index (χ0n) is 14.4. The van der Waals surface area contributed by atoms with Crippen LogP contribution in [0, 0.1) is 0 Å². The fourth-order valence-electron chi connectivity index (χ4n) is 2.16. The van der Waals surface area contributed by atoms with E-state index in [1.807, 2.05) is 10.7 Å². The maximum Gasteiger partial charge on any atom is 0.417 e. The van der Waals surface area contributed by atoms with Crippen LogP contribution in [0.15, 0.2) is 53.6 Å². The average molecular weight is 417 g/mol. The van der Waals surface area contributed by atoms with E-state index in [1.54, 1.807) is 0 Å². The SMILES string of the molecule is O=C(CNC(=O)c1ccccc1C(F)(F)F)N/N=C/c1ccc(C(F)(F)F)cc1. The normalized spacial score (nSPS) is 12.1. The van der Waals surface area contributed by atoms with Crippen LogP contribution in [0.1, 0.15) is 27.0 Å². The number of rotatable bonds is 5. The molecule has 0 bridgehead atoms. The summed E-state index contributed by atoms with van der Waals surface area (Å²) < 4.78 is 76.0. The first-order valence-corrected chi connectivity index (χ1v) is 7.92. The van der Waals surface area contributed by atoms with Crippen molar-refractivity contribution < 1.29 is 35.9 Å². The number of hydrazone groups is 1. The van der Waals surface area contributed by atoms with Crippen molar-refractivity contribution in [1.29, 1.82) is 0 Å². The van der Waals surface area contributed by atoms with Gasteiger partial charge in [-0.15, -0.1) is 0 Å². The van der Waals surface area contributed by atoms with Gasteiger partial charge >= 0.3 is 12.4 Å². The van der Waals surface area contributed by atoms with Gasteiger partial charge in [-0.2, -0.15) is 31.4 Å². The van der Waals surface area contributed by atoms with Crippen molar-refractivity contribution >= 4 is 18.0 Å². The summed E-state index contributed by atoms with van der Waals surface area (Å²) in [6, 6.07) is 8.02. The monoisotopic (exact) mass is 417 g/mol. The molecule has 2 N–H and O–H groups in total. The lowest BCUT2D eigenvalue weighted by molar-refractivity contribution is -0.138. The van der Waals surface area contributed by atoms with Crippen molar-refractivity contribution in [2.75, 3.05) is 6.54 Å². The first-order valence-electron chi connectivity index (χ1n) is 7.92. The lowest BCUT2D eigenvalue weighted by atomic mass is 10.1. The largest absolute Gasteiger partial charge is 0.417 e. The minimum atomic E-state index is -4.73. The zero-order valence-corrected chi connectivity index (χ0v) is 14.4. The maximum absolute atomic E-state index is 12.9. The Labute approximate surface area is 160 Å². The molecule has 11 heteroatoms. The molecule has 0 aliphatic carbocycles. The Hall–Kier alpha value is -3.37. The molecule has 2 aromatic carbocycles. The van der Waals surface area contributed by atoms with Gasteiger partial charge in [0.05, 0.1) is 29.4 Å². The topological polar surface area (TPSA) is 70.6 Å². The minimum absolute atomic E-state index is 0.265. The van der Waals surface area contributed by atoms with Crippen molar-refractivity contribution in [1.82, 2.24) is 10.7 Å². The van der Waals surface area contributed by atoms with Crippen molar-refractivity contribution in [3.8, 4) is 0 Å². The van der Waals surface area contributed by atoms with Gasteiger partial charge in [0.15, 0.2) is 0 Å². The third kappa shape index (κ3) is 6.33. The molecule has 154 valence electrons. The molecule has 0 unspecified atom stereocenters. The number of carbonyl (C=O) groups excluding carboxylic acids is 2. The number of nitrogens with one attached hydrogen (secondary N) is 2. The van der Waals surface area contributed by atoms with Gasteiger partial charge in [-0.3, -0.25) is 9.59 Å². The van der Waals surface area contributed by atoms with Crippen LogP contribution in [0.5, 0.6) is 0 Å². The molecule has 0 spiro atoms. The molecule has 0 saturated carbocycles. The number of hydrogen-bond acceptors (Lipinski definition) is 3. The maximum atomic E-state index is 12.9. The highest BCUT2D eigenvalue weighted by Crippen LogP contribution is 2.31. The first-order chi connectivity index (χ1) is 13.5. The van der Waals surface area contributed by atoms with Gasteiger partial charge in [-0.1, -0.05) is 24.3 Å². The lowest BCUT2D eigenvalue weighted by Crippen LogP contribution is -2.35. The Morgan fingerprint density at radius 1 is 0.897 bits per heavy atom. The van der Waals surface area contributed by atoms with Gasteiger partial charge in [0.25, 0.3) is 11.8 Å². The summed E-state index contributed by atoms with van der Waals surface area (Å²) in [5.74, 6) is -1.94. The van der Waals surface area contributed by atoms with Crippen LogP contribution in [-0.2, 0) is 17.1 Å². The molecule has 0 fully saturated rings. The molecule has 0 aliphatic rings. The fourth-order valence-corrected chi connectivity index (χ4v) is 2.16.